The van der Waals surface area contributed by atoms with Gasteiger partial charge in [-0.3, -0.25) is 4.79 Å². The van der Waals surface area contributed by atoms with Gasteiger partial charge in [0.15, 0.2) is 11.5 Å². The van der Waals surface area contributed by atoms with Crippen molar-refractivity contribution in [3.05, 3.63) is 17.7 Å². The number of rotatable bonds is 8. The zero-order chi connectivity index (χ0) is 14.3. The minimum Gasteiger partial charge on any atom is -0.493 e. The molecule has 0 N–H and O–H groups in total. The third-order valence-corrected chi connectivity index (χ3v) is 2.40. The molecule has 0 heterocycles. The summed E-state index contributed by atoms with van der Waals surface area (Å²) in [6.45, 7) is 4.77. The second-order valence-electron chi connectivity index (χ2n) is 4.14. The van der Waals surface area contributed by atoms with E-state index in [0.29, 0.717) is 36.0 Å². The first-order chi connectivity index (χ1) is 9.12. The van der Waals surface area contributed by atoms with Crippen molar-refractivity contribution >= 4 is 6.29 Å². The molecule has 0 saturated carbocycles. The first-order valence-electron chi connectivity index (χ1n) is 6.08. The molecule has 0 aliphatic carbocycles. The van der Waals surface area contributed by atoms with Crippen LogP contribution in [0.4, 0.5) is 0 Å². The van der Waals surface area contributed by atoms with E-state index in [1.165, 1.54) is 14.2 Å². The number of aldehydes is 1. The van der Waals surface area contributed by atoms with Crippen molar-refractivity contribution in [3.8, 4) is 17.2 Å². The molecule has 0 aliphatic heterocycles. The number of carbonyl (C=O) groups is 1. The van der Waals surface area contributed by atoms with Gasteiger partial charge in [-0.05, 0) is 26.0 Å². The van der Waals surface area contributed by atoms with Crippen LogP contribution in [0, 0.1) is 0 Å². The summed E-state index contributed by atoms with van der Waals surface area (Å²) in [7, 11) is 3.03. The molecule has 0 unspecified atom stereocenters. The lowest BCUT2D eigenvalue weighted by Crippen LogP contribution is -2.12. The third-order valence-electron chi connectivity index (χ3n) is 2.40. The number of hydrogen-bond acceptors (Lipinski definition) is 5. The lowest BCUT2D eigenvalue weighted by molar-refractivity contribution is 0.0540. The molecule has 0 aromatic heterocycles. The Morgan fingerprint density at radius 3 is 2.11 bits per heavy atom. The van der Waals surface area contributed by atoms with E-state index in [4.69, 9.17) is 18.9 Å². The summed E-state index contributed by atoms with van der Waals surface area (Å²) in [4.78, 5) is 10.8. The van der Waals surface area contributed by atoms with Gasteiger partial charge in [-0.25, -0.2) is 0 Å². The summed E-state index contributed by atoms with van der Waals surface area (Å²) >= 11 is 0. The summed E-state index contributed by atoms with van der Waals surface area (Å²) in [5.41, 5.74) is 0.472. The monoisotopic (exact) mass is 268 g/mol. The van der Waals surface area contributed by atoms with E-state index in [1.807, 2.05) is 13.8 Å². The average molecular weight is 268 g/mol. The minimum absolute atomic E-state index is 0.157. The van der Waals surface area contributed by atoms with E-state index >= 15 is 0 Å². The Bertz CT molecular complexity index is 389. The summed E-state index contributed by atoms with van der Waals surface area (Å²) in [6, 6.07) is 3.21. The lowest BCUT2D eigenvalue weighted by atomic mass is 10.2. The zero-order valence-corrected chi connectivity index (χ0v) is 11.8. The highest BCUT2D eigenvalue weighted by molar-refractivity contribution is 5.78. The van der Waals surface area contributed by atoms with Gasteiger partial charge in [0.05, 0.1) is 26.9 Å². The maximum atomic E-state index is 10.8. The smallest absolute Gasteiger partial charge is 0.203 e. The number of hydrogen-bond donors (Lipinski definition) is 0. The standard InChI is InChI=1S/C14H20O5/c1-10(2)18-5-6-19-14-12(16-3)7-11(9-15)8-13(14)17-4/h7-10H,5-6H2,1-4H3. The van der Waals surface area contributed by atoms with Crippen molar-refractivity contribution in [1.29, 1.82) is 0 Å². The highest BCUT2D eigenvalue weighted by Gasteiger charge is 2.14. The Balaban J connectivity index is 2.82. The summed E-state index contributed by atoms with van der Waals surface area (Å²) < 4.78 is 21.4. The van der Waals surface area contributed by atoms with E-state index in [-0.39, 0.29) is 6.10 Å². The molecule has 0 aliphatic rings. The Morgan fingerprint density at radius 2 is 1.68 bits per heavy atom. The summed E-state index contributed by atoms with van der Waals surface area (Å²) in [6.07, 6.45) is 0.890. The topological polar surface area (TPSA) is 54.0 Å². The van der Waals surface area contributed by atoms with Gasteiger partial charge in [0.25, 0.3) is 0 Å². The van der Waals surface area contributed by atoms with Crippen LogP contribution in [0.5, 0.6) is 17.2 Å². The molecule has 1 rings (SSSR count). The normalized spacial score (nSPS) is 10.4. The third kappa shape index (κ3) is 4.44. The van der Waals surface area contributed by atoms with E-state index in [9.17, 15) is 4.79 Å². The fraction of sp³-hybridized carbons (Fsp3) is 0.500. The van der Waals surface area contributed by atoms with E-state index < -0.39 is 0 Å². The quantitative estimate of drug-likeness (QED) is 0.535. The molecule has 0 amide bonds. The number of ether oxygens (including phenoxy) is 4. The summed E-state index contributed by atoms with van der Waals surface area (Å²) in [5.74, 6) is 1.40. The molecule has 0 atom stereocenters. The fourth-order valence-corrected chi connectivity index (χ4v) is 1.54. The molecule has 0 bridgehead atoms. The van der Waals surface area contributed by atoms with Gasteiger partial charge in [0.1, 0.15) is 12.9 Å². The molecule has 1 aromatic carbocycles. The summed E-state index contributed by atoms with van der Waals surface area (Å²) in [5, 5.41) is 0. The van der Waals surface area contributed by atoms with Crippen molar-refractivity contribution in [1.82, 2.24) is 0 Å². The van der Waals surface area contributed by atoms with Crippen molar-refractivity contribution in [2.45, 2.75) is 20.0 Å². The molecule has 0 saturated heterocycles. The number of carbonyl (C=O) groups excluding carboxylic acids is 1. The van der Waals surface area contributed by atoms with Gasteiger partial charge >= 0.3 is 0 Å². The molecule has 0 fully saturated rings. The van der Waals surface area contributed by atoms with Crippen LogP contribution < -0.4 is 14.2 Å². The molecular formula is C14H20O5. The Hall–Kier alpha value is -1.75. The van der Waals surface area contributed by atoms with Crippen LogP contribution in [0.2, 0.25) is 0 Å². The van der Waals surface area contributed by atoms with Gasteiger partial charge in [-0.15, -0.1) is 0 Å². The molecule has 106 valence electrons. The second-order valence-corrected chi connectivity index (χ2v) is 4.14. The average Bonchev–Trinajstić information content (AvgIpc) is 2.42. The van der Waals surface area contributed by atoms with Crippen molar-refractivity contribution in [2.24, 2.45) is 0 Å². The van der Waals surface area contributed by atoms with Crippen LogP contribution in [0.1, 0.15) is 24.2 Å². The molecule has 5 heteroatoms. The predicted octanol–water partition coefficient (Wildman–Crippen LogP) is 2.32. The van der Waals surface area contributed by atoms with E-state index in [1.54, 1.807) is 12.1 Å². The van der Waals surface area contributed by atoms with Crippen LogP contribution >= 0.6 is 0 Å². The SMILES string of the molecule is COc1cc(C=O)cc(OC)c1OCCOC(C)C. The largest absolute Gasteiger partial charge is 0.493 e. The first kappa shape index (κ1) is 15.3. The highest BCUT2D eigenvalue weighted by Crippen LogP contribution is 2.38. The molecule has 5 nitrogen and oxygen atoms in total. The maximum absolute atomic E-state index is 10.8. The minimum atomic E-state index is 0.157. The van der Waals surface area contributed by atoms with E-state index in [0.717, 1.165) is 6.29 Å². The molecule has 1 aromatic rings. The number of methoxy groups -OCH3 is 2. The Morgan fingerprint density at radius 1 is 1.11 bits per heavy atom. The van der Waals surface area contributed by atoms with Crippen molar-refractivity contribution in [3.63, 3.8) is 0 Å². The van der Waals surface area contributed by atoms with Crippen LogP contribution in [0.15, 0.2) is 12.1 Å². The maximum Gasteiger partial charge on any atom is 0.203 e. The second kappa shape index (κ2) is 7.63. The first-order valence-corrected chi connectivity index (χ1v) is 6.08. The Kier molecular flexibility index (Phi) is 6.15. The van der Waals surface area contributed by atoms with Gasteiger partial charge in [0.2, 0.25) is 5.75 Å². The molecular weight excluding hydrogens is 248 g/mol. The lowest BCUT2D eigenvalue weighted by Gasteiger charge is -2.15. The number of benzene rings is 1. The van der Waals surface area contributed by atoms with Crippen LogP contribution in [0.25, 0.3) is 0 Å². The Labute approximate surface area is 113 Å². The van der Waals surface area contributed by atoms with Crippen molar-refractivity contribution in [2.75, 3.05) is 27.4 Å². The van der Waals surface area contributed by atoms with Gasteiger partial charge in [-0.1, -0.05) is 0 Å². The van der Waals surface area contributed by atoms with Crippen molar-refractivity contribution < 1.29 is 23.7 Å². The van der Waals surface area contributed by atoms with Gasteiger partial charge in [0, 0.05) is 5.56 Å². The van der Waals surface area contributed by atoms with Gasteiger partial charge in [-0.2, -0.15) is 0 Å². The highest BCUT2D eigenvalue weighted by atomic mass is 16.6. The molecule has 0 spiro atoms. The zero-order valence-electron chi connectivity index (χ0n) is 11.8. The van der Waals surface area contributed by atoms with Crippen LogP contribution in [-0.2, 0) is 4.74 Å². The van der Waals surface area contributed by atoms with Crippen LogP contribution in [0.3, 0.4) is 0 Å². The van der Waals surface area contributed by atoms with Crippen LogP contribution in [-0.4, -0.2) is 39.8 Å². The predicted molar refractivity (Wildman–Crippen MR) is 71.5 cm³/mol. The van der Waals surface area contributed by atoms with E-state index in [2.05, 4.69) is 0 Å². The molecule has 0 radical (unpaired) electrons. The fourth-order valence-electron chi connectivity index (χ4n) is 1.54. The molecule has 19 heavy (non-hydrogen) atoms. The van der Waals surface area contributed by atoms with Gasteiger partial charge < -0.3 is 18.9 Å².